The number of aromatic nitrogens is 3. The molecule has 10 heteroatoms. The van der Waals surface area contributed by atoms with Gasteiger partial charge < -0.3 is 26.8 Å². The van der Waals surface area contributed by atoms with E-state index < -0.39 is 17.7 Å². The van der Waals surface area contributed by atoms with Gasteiger partial charge in [-0.15, -0.1) is 0 Å². The first-order chi connectivity index (χ1) is 13.1. The van der Waals surface area contributed by atoms with Gasteiger partial charge in [0, 0.05) is 24.5 Å². The van der Waals surface area contributed by atoms with Gasteiger partial charge in [-0.3, -0.25) is 4.79 Å². The van der Waals surface area contributed by atoms with Crippen molar-refractivity contribution < 1.29 is 14.3 Å². The summed E-state index contributed by atoms with van der Waals surface area (Å²) in [5.41, 5.74) is 4.79. The van der Waals surface area contributed by atoms with Crippen molar-refractivity contribution in [2.24, 2.45) is 0 Å². The van der Waals surface area contributed by atoms with E-state index in [1.807, 2.05) is 13.8 Å². The summed E-state index contributed by atoms with van der Waals surface area (Å²) in [6.45, 7) is 6.22. The monoisotopic (exact) mass is 391 g/mol. The predicted octanol–water partition coefficient (Wildman–Crippen LogP) is 1.86. The minimum Gasteiger partial charge on any atom is -0.387 e. The fourth-order valence-corrected chi connectivity index (χ4v) is 2.24. The molecule has 0 spiro atoms. The van der Waals surface area contributed by atoms with E-state index in [1.54, 1.807) is 12.1 Å². The number of alkyl halides is 1. The van der Waals surface area contributed by atoms with Gasteiger partial charge in [0.15, 0.2) is 0 Å². The highest BCUT2D eigenvalue weighted by molar-refractivity contribution is 5.99. The number of pyridine rings is 1. The van der Waals surface area contributed by atoms with Crippen molar-refractivity contribution in [3.05, 3.63) is 30.1 Å². The quantitative estimate of drug-likeness (QED) is 0.460. The third-order valence-electron chi connectivity index (χ3n) is 3.73. The zero-order valence-corrected chi connectivity index (χ0v) is 16.3. The van der Waals surface area contributed by atoms with Crippen molar-refractivity contribution >= 4 is 29.2 Å². The number of halogens is 1. The summed E-state index contributed by atoms with van der Waals surface area (Å²) in [6, 6.07) is 3.32. The predicted molar refractivity (Wildman–Crippen MR) is 106 cm³/mol. The molecule has 9 nitrogen and oxygen atoms in total. The number of hydrogen-bond acceptors (Lipinski definition) is 8. The SMILES string of the molecule is CC(C)Nc1cc(Nc2ccnc(N)n2)ncc1C(=O)NCC(F)C(C)(C)O. The summed E-state index contributed by atoms with van der Waals surface area (Å²) in [5.74, 6) is 0.519. The minimum absolute atomic E-state index is 0.0433. The summed E-state index contributed by atoms with van der Waals surface area (Å²) in [4.78, 5) is 24.6. The lowest BCUT2D eigenvalue weighted by Crippen LogP contribution is -2.42. The van der Waals surface area contributed by atoms with E-state index in [0.717, 1.165) is 0 Å². The smallest absolute Gasteiger partial charge is 0.255 e. The topological polar surface area (TPSA) is 138 Å². The average Bonchev–Trinajstić information content (AvgIpc) is 2.58. The lowest BCUT2D eigenvalue weighted by Gasteiger charge is -2.23. The van der Waals surface area contributed by atoms with Gasteiger partial charge in [-0.1, -0.05) is 0 Å². The second-order valence-corrected chi connectivity index (χ2v) is 7.17. The molecule has 2 aromatic heterocycles. The highest BCUT2D eigenvalue weighted by Gasteiger charge is 2.27. The molecule has 152 valence electrons. The zero-order chi connectivity index (χ0) is 20.9. The number of carbonyl (C=O) groups excluding carboxylic acids is 1. The van der Waals surface area contributed by atoms with Gasteiger partial charge in [-0.2, -0.15) is 4.98 Å². The zero-order valence-electron chi connectivity index (χ0n) is 16.3. The van der Waals surface area contributed by atoms with Crippen LogP contribution in [0.5, 0.6) is 0 Å². The molecule has 0 aliphatic carbocycles. The lowest BCUT2D eigenvalue weighted by molar-refractivity contribution is -0.00177. The minimum atomic E-state index is -1.60. The average molecular weight is 391 g/mol. The first kappa shape index (κ1) is 21.3. The van der Waals surface area contributed by atoms with E-state index in [0.29, 0.717) is 17.3 Å². The molecule has 0 fully saturated rings. The first-order valence-electron chi connectivity index (χ1n) is 8.83. The van der Waals surface area contributed by atoms with Crippen LogP contribution in [-0.4, -0.2) is 50.3 Å². The Labute approximate surface area is 163 Å². The molecule has 0 aromatic carbocycles. The Balaban J connectivity index is 2.20. The largest absolute Gasteiger partial charge is 0.387 e. The molecule has 0 aliphatic rings. The summed E-state index contributed by atoms with van der Waals surface area (Å²) in [6.07, 6.45) is 1.29. The van der Waals surface area contributed by atoms with Crippen molar-refractivity contribution in [3.8, 4) is 0 Å². The van der Waals surface area contributed by atoms with Gasteiger partial charge in [0.25, 0.3) is 5.91 Å². The van der Waals surface area contributed by atoms with Crippen LogP contribution in [0, 0.1) is 0 Å². The van der Waals surface area contributed by atoms with Gasteiger partial charge in [0.2, 0.25) is 5.95 Å². The maximum Gasteiger partial charge on any atom is 0.255 e. The van der Waals surface area contributed by atoms with Gasteiger partial charge >= 0.3 is 0 Å². The number of nitrogens with two attached hydrogens (primary N) is 1. The van der Waals surface area contributed by atoms with Crippen LogP contribution in [0.2, 0.25) is 0 Å². The molecule has 2 rings (SSSR count). The van der Waals surface area contributed by atoms with Crippen LogP contribution in [0.3, 0.4) is 0 Å². The van der Waals surface area contributed by atoms with Crippen molar-refractivity contribution in [1.29, 1.82) is 0 Å². The number of amides is 1. The molecule has 1 unspecified atom stereocenters. The standard InChI is InChI=1S/C18H26FN7O2/c1-10(2)24-12-7-15(25-14-5-6-21-17(20)26-14)22-8-11(12)16(27)23-9-13(19)18(3,4)28/h5-8,10,13,28H,9H2,1-4H3,(H,23,27)(H4,20,21,22,24,25,26). The molecule has 1 atom stereocenters. The molecule has 0 radical (unpaired) electrons. The number of anilines is 4. The van der Waals surface area contributed by atoms with Gasteiger partial charge in [0.1, 0.15) is 17.8 Å². The fraction of sp³-hybridized carbons (Fsp3) is 0.444. The number of hydrogen-bond donors (Lipinski definition) is 5. The van der Waals surface area contributed by atoms with Crippen molar-refractivity contribution in [2.45, 2.75) is 45.5 Å². The van der Waals surface area contributed by atoms with Gasteiger partial charge in [-0.25, -0.2) is 14.4 Å². The van der Waals surface area contributed by atoms with Gasteiger partial charge in [-0.05, 0) is 33.8 Å². The Morgan fingerprint density at radius 2 is 2.04 bits per heavy atom. The molecule has 0 saturated carbocycles. The highest BCUT2D eigenvalue weighted by atomic mass is 19.1. The highest BCUT2D eigenvalue weighted by Crippen LogP contribution is 2.22. The van der Waals surface area contributed by atoms with Gasteiger partial charge in [0.05, 0.1) is 23.4 Å². The van der Waals surface area contributed by atoms with E-state index >= 15 is 0 Å². The Kier molecular flexibility index (Phi) is 6.68. The number of nitrogens with one attached hydrogen (secondary N) is 3. The van der Waals surface area contributed by atoms with E-state index in [1.165, 1.54) is 26.2 Å². The van der Waals surface area contributed by atoms with Crippen molar-refractivity contribution in [2.75, 3.05) is 22.9 Å². The van der Waals surface area contributed by atoms with Crippen LogP contribution < -0.4 is 21.7 Å². The normalized spacial score (nSPS) is 12.5. The first-order valence-corrected chi connectivity index (χ1v) is 8.83. The molecule has 6 N–H and O–H groups in total. The number of carbonyl (C=O) groups is 1. The summed E-state index contributed by atoms with van der Waals surface area (Å²) in [7, 11) is 0. The Morgan fingerprint density at radius 1 is 1.32 bits per heavy atom. The molecular weight excluding hydrogens is 365 g/mol. The van der Waals surface area contributed by atoms with E-state index in [9.17, 15) is 14.3 Å². The van der Waals surface area contributed by atoms with Crippen LogP contribution in [0.4, 0.5) is 27.7 Å². The maximum atomic E-state index is 13.9. The molecule has 2 heterocycles. The van der Waals surface area contributed by atoms with Crippen molar-refractivity contribution in [1.82, 2.24) is 20.3 Å². The number of aliphatic hydroxyl groups is 1. The molecule has 1 amide bonds. The third-order valence-corrected chi connectivity index (χ3v) is 3.73. The molecular formula is C18H26FN7O2. The number of nitrogen functional groups attached to an aromatic ring is 1. The third kappa shape index (κ3) is 6.02. The lowest BCUT2D eigenvalue weighted by atomic mass is 10.0. The maximum absolute atomic E-state index is 13.9. The van der Waals surface area contributed by atoms with E-state index in [-0.39, 0.29) is 24.1 Å². The second kappa shape index (κ2) is 8.79. The van der Waals surface area contributed by atoms with Crippen LogP contribution in [0.1, 0.15) is 38.1 Å². The van der Waals surface area contributed by atoms with Crippen LogP contribution >= 0.6 is 0 Å². The molecule has 0 saturated heterocycles. The number of nitrogens with zero attached hydrogens (tertiary/aromatic N) is 3. The van der Waals surface area contributed by atoms with Crippen LogP contribution in [0.15, 0.2) is 24.5 Å². The Morgan fingerprint density at radius 3 is 2.64 bits per heavy atom. The van der Waals surface area contributed by atoms with E-state index in [4.69, 9.17) is 5.73 Å². The molecule has 0 bridgehead atoms. The van der Waals surface area contributed by atoms with Crippen molar-refractivity contribution in [3.63, 3.8) is 0 Å². The Hall–Kier alpha value is -3.01. The van der Waals surface area contributed by atoms with Crippen LogP contribution in [-0.2, 0) is 0 Å². The molecule has 0 aliphatic heterocycles. The fourth-order valence-electron chi connectivity index (χ4n) is 2.24. The second-order valence-electron chi connectivity index (χ2n) is 7.17. The van der Waals surface area contributed by atoms with E-state index in [2.05, 4.69) is 30.9 Å². The summed E-state index contributed by atoms with van der Waals surface area (Å²) >= 11 is 0. The summed E-state index contributed by atoms with van der Waals surface area (Å²) < 4.78 is 13.9. The van der Waals surface area contributed by atoms with Crippen LogP contribution in [0.25, 0.3) is 0 Å². The molecule has 2 aromatic rings. The number of rotatable bonds is 8. The molecule has 28 heavy (non-hydrogen) atoms. The Bertz CT molecular complexity index is 824. The summed E-state index contributed by atoms with van der Waals surface area (Å²) in [5, 5.41) is 18.3.